The molecule has 1 aliphatic carbocycles. The number of aryl methyl sites for hydroxylation is 1. The molecular weight excluding hydrogens is 395 g/mol. The predicted molar refractivity (Wildman–Crippen MR) is 94.5 cm³/mol. The van der Waals surface area contributed by atoms with Crippen molar-refractivity contribution in [1.82, 2.24) is 0 Å². The van der Waals surface area contributed by atoms with Gasteiger partial charge in [-0.2, -0.15) is 0 Å². The fraction of sp³-hybridized carbons (Fsp3) is 0.176. The van der Waals surface area contributed by atoms with Crippen molar-refractivity contribution in [2.45, 2.75) is 18.6 Å². The third-order valence-corrected chi connectivity index (χ3v) is 6.05. The van der Waals surface area contributed by atoms with Crippen molar-refractivity contribution in [3.63, 3.8) is 0 Å². The maximum absolute atomic E-state index is 12.7. The number of rotatable bonds is 3. The molecular formula is C17H15IO2S. The van der Waals surface area contributed by atoms with Crippen LogP contribution in [0.1, 0.15) is 23.1 Å². The summed E-state index contributed by atoms with van der Waals surface area (Å²) < 4.78 is 26.6. The maximum Gasteiger partial charge on any atom is 0.182 e. The summed E-state index contributed by atoms with van der Waals surface area (Å²) in [6.45, 7) is 0. The van der Waals surface area contributed by atoms with E-state index in [2.05, 4.69) is 28.7 Å². The third kappa shape index (κ3) is 3.21. The van der Waals surface area contributed by atoms with Crippen LogP contribution in [0.2, 0.25) is 0 Å². The first-order chi connectivity index (χ1) is 10.1. The first kappa shape index (κ1) is 14.8. The third-order valence-electron chi connectivity index (χ3n) is 3.61. The highest BCUT2D eigenvalue weighted by Crippen LogP contribution is 2.33. The van der Waals surface area contributed by atoms with Crippen LogP contribution in [0.25, 0.3) is 4.91 Å². The van der Waals surface area contributed by atoms with Crippen molar-refractivity contribution in [2.75, 3.05) is 0 Å². The number of allylic oxidation sites excluding steroid dienone is 1. The van der Waals surface area contributed by atoms with Gasteiger partial charge in [0, 0.05) is 3.57 Å². The van der Waals surface area contributed by atoms with Gasteiger partial charge in [-0.25, -0.2) is 8.42 Å². The molecule has 0 amide bonds. The van der Waals surface area contributed by atoms with E-state index in [-0.39, 0.29) is 5.75 Å². The molecule has 2 aromatic carbocycles. The normalized spacial score (nSPS) is 14.4. The Labute approximate surface area is 139 Å². The summed E-state index contributed by atoms with van der Waals surface area (Å²) in [6, 6.07) is 15.3. The number of halogens is 1. The quantitative estimate of drug-likeness (QED) is 0.712. The van der Waals surface area contributed by atoms with E-state index in [9.17, 15) is 8.42 Å². The van der Waals surface area contributed by atoms with E-state index in [4.69, 9.17) is 0 Å². The van der Waals surface area contributed by atoms with Gasteiger partial charge in [0.15, 0.2) is 9.84 Å². The van der Waals surface area contributed by atoms with Gasteiger partial charge < -0.3 is 0 Å². The lowest BCUT2D eigenvalue weighted by Crippen LogP contribution is -2.11. The topological polar surface area (TPSA) is 34.1 Å². The molecule has 0 bridgehead atoms. The van der Waals surface area contributed by atoms with Crippen LogP contribution in [0.4, 0.5) is 0 Å². The van der Waals surface area contributed by atoms with Crippen LogP contribution in [0.15, 0.2) is 54.6 Å². The van der Waals surface area contributed by atoms with Gasteiger partial charge in [-0.05, 0) is 64.3 Å². The standard InChI is InChI=1S/C17H15IO2S/c18-15-9-10-16-14(11-15)7-4-8-17(16)21(19,20)12-13-5-2-1-3-6-13/h1-3,5-6,8-11H,4,7,12H2. The molecule has 0 N–H and O–H groups in total. The molecule has 0 spiro atoms. The lowest BCUT2D eigenvalue weighted by atomic mass is 9.97. The van der Waals surface area contributed by atoms with Gasteiger partial charge in [-0.1, -0.05) is 42.5 Å². The maximum atomic E-state index is 12.7. The van der Waals surface area contributed by atoms with E-state index in [1.807, 2.05) is 48.5 Å². The van der Waals surface area contributed by atoms with E-state index in [0.29, 0.717) is 4.91 Å². The van der Waals surface area contributed by atoms with Crippen LogP contribution in [0.5, 0.6) is 0 Å². The molecule has 0 saturated heterocycles. The summed E-state index contributed by atoms with van der Waals surface area (Å²) in [4.78, 5) is 0.490. The Hall–Kier alpha value is -1.14. The van der Waals surface area contributed by atoms with Gasteiger partial charge in [0.05, 0.1) is 10.7 Å². The van der Waals surface area contributed by atoms with Gasteiger partial charge >= 0.3 is 0 Å². The van der Waals surface area contributed by atoms with Gasteiger partial charge in [-0.3, -0.25) is 0 Å². The molecule has 0 aliphatic heterocycles. The van der Waals surface area contributed by atoms with Crippen LogP contribution in [-0.2, 0) is 22.0 Å². The first-order valence-electron chi connectivity index (χ1n) is 6.82. The molecule has 0 radical (unpaired) electrons. The minimum atomic E-state index is -3.30. The zero-order valence-corrected chi connectivity index (χ0v) is 14.4. The number of hydrogen-bond donors (Lipinski definition) is 0. The Morgan fingerprint density at radius 3 is 2.57 bits per heavy atom. The second kappa shape index (κ2) is 5.93. The highest BCUT2D eigenvalue weighted by Gasteiger charge is 2.24. The summed E-state index contributed by atoms with van der Waals surface area (Å²) in [7, 11) is -3.30. The monoisotopic (exact) mass is 410 g/mol. The van der Waals surface area contributed by atoms with Crippen LogP contribution < -0.4 is 0 Å². The lowest BCUT2D eigenvalue weighted by molar-refractivity contribution is 0.605. The van der Waals surface area contributed by atoms with E-state index in [1.165, 1.54) is 0 Å². The van der Waals surface area contributed by atoms with Crippen molar-refractivity contribution < 1.29 is 8.42 Å². The number of fused-ring (bicyclic) bond motifs is 1. The molecule has 4 heteroatoms. The van der Waals surface area contributed by atoms with E-state index >= 15 is 0 Å². The highest BCUT2D eigenvalue weighted by atomic mass is 127. The minimum absolute atomic E-state index is 0.0606. The minimum Gasteiger partial charge on any atom is -0.223 e. The fourth-order valence-electron chi connectivity index (χ4n) is 2.64. The van der Waals surface area contributed by atoms with Gasteiger partial charge in [0.25, 0.3) is 0 Å². The average molecular weight is 410 g/mol. The zero-order chi connectivity index (χ0) is 14.9. The molecule has 2 aromatic rings. The summed E-state index contributed by atoms with van der Waals surface area (Å²) >= 11 is 2.26. The van der Waals surface area contributed by atoms with E-state index in [1.54, 1.807) is 0 Å². The Kier molecular flexibility index (Phi) is 4.17. The number of hydrogen-bond acceptors (Lipinski definition) is 2. The summed E-state index contributed by atoms with van der Waals surface area (Å²) in [5, 5.41) is 0. The molecule has 0 aromatic heterocycles. The molecule has 2 nitrogen and oxygen atoms in total. The van der Waals surface area contributed by atoms with Crippen molar-refractivity contribution in [3.05, 3.63) is 74.9 Å². The second-order valence-electron chi connectivity index (χ2n) is 5.15. The summed E-state index contributed by atoms with van der Waals surface area (Å²) in [5.41, 5.74) is 2.84. The second-order valence-corrected chi connectivity index (χ2v) is 8.36. The fourth-order valence-corrected chi connectivity index (χ4v) is 4.89. The van der Waals surface area contributed by atoms with Crippen LogP contribution in [-0.4, -0.2) is 8.42 Å². The van der Waals surface area contributed by atoms with E-state index in [0.717, 1.165) is 33.1 Å². The molecule has 0 fully saturated rings. The van der Waals surface area contributed by atoms with Gasteiger partial charge in [-0.15, -0.1) is 0 Å². The molecule has 0 atom stereocenters. The first-order valence-corrected chi connectivity index (χ1v) is 9.55. The van der Waals surface area contributed by atoms with Crippen molar-refractivity contribution in [2.24, 2.45) is 0 Å². The van der Waals surface area contributed by atoms with Gasteiger partial charge in [0.2, 0.25) is 0 Å². The lowest BCUT2D eigenvalue weighted by Gasteiger charge is -2.18. The van der Waals surface area contributed by atoms with Crippen molar-refractivity contribution >= 4 is 37.3 Å². The van der Waals surface area contributed by atoms with Gasteiger partial charge in [0.1, 0.15) is 0 Å². The zero-order valence-electron chi connectivity index (χ0n) is 11.4. The van der Waals surface area contributed by atoms with Crippen LogP contribution in [0.3, 0.4) is 0 Å². The molecule has 3 rings (SSSR count). The molecule has 21 heavy (non-hydrogen) atoms. The largest absolute Gasteiger partial charge is 0.223 e. The molecule has 1 aliphatic rings. The number of benzene rings is 2. The highest BCUT2D eigenvalue weighted by molar-refractivity contribution is 14.1. The van der Waals surface area contributed by atoms with E-state index < -0.39 is 9.84 Å². The molecule has 108 valence electrons. The SMILES string of the molecule is O=S(=O)(Cc1ccccc1)C1=CCCc2cc(I)ccc21. The van der Waals surface area contributed by atoms with Crippen LogP contribution in [0, 0.1) is 3.57 Å². The number of sulfone groups is 1. The molecule has 0 unspecified atom stereocenters. The van der Waals surface area contributed by atoms with Crippen molar-refractivity contribution in [3.8, 4) is 0 Å². The van der Waals surface area contributed by atoms with Crippen molar-refractivity contribution in [1.29, 1.82) is 0 Å². The Balaban J connectivity index is 1.99. The Morgan fingerprint density at radius 2 is 1.81 bits per heavy atom. The average Bonchev–Trinajstić information content (AvgIpc) is 2.47. The molecule has 0 heterocycles. The Morgan fingerprint density at radius 1 is 1.05 bits per heavy atom. The predicted octanol–water partition coefficient (Wildman–Crippen LogP) is 4.19. The van der Waals surface area contributed by atoms with Crippen LogP contribution >= 0.6 is 22.6 Å². The smallest absolute Gasteiger partial charge is 0.182 e. The summed E-state index contributed by atoms with van der Waals surface area (Å²) in [5.74, 6) is 0.0606. The Bertz CT molecular complexity index is 793. The molecule has 0 saturated carbocycles. The summed E-state index contributed by atoms with van der Waals surface area (Å²) in [6.07, 6.45) is 3.57.